The average molecular weight is 269 g/mol. The Morgan fingerprint density at radius 2 is 2.26 bits per heavy atom. The van der Waals surface area contributed by atoms with Crippen molar-refractivity contribution < 1.29 is 14.6 Å². The summed E-state index contributed by atoms with van der Waals surface area (Å²) in [5.41, 5.74) is -0.0271. The van der Waals surface area contributed by atoms with E-state index >= 15 is 0 Å². The highest BCUT2D eigenvalue weighted by molar-refractivity contribution is 5.76. The van der Waals surface area contributed by atoms with Crippen molar-refractivity contribution in [3.05, 3.63) is 0 Å². The molecule has 1 saturated carbocycles. The van der Waals surface area contributed by atoms with Crippen LogP contribution in [0.25, 0.3) is 0 Å². The van der Waals surface area contributed by atoms with Crippen molar-refractivity contribution >= 4 is 5.91 Å². The summed E-state index contributed by atoms with van der Waals surface area (Å²) < 4.78 is 5.25. The summed E-state index contributed by atoms with van der Waals surface area (Å²) >= 11 is 0. The van der Waals surface area contributed by atoms with E-state index in [1.807, 2.05) is 11.8 Å². The minimum Gasteiger partial charge on any atom is -0.396 e. The molecule has 19 heavy (non-hydrogen) atoms. The molecule has 0 bridgehead atoms. The van der Waals surface area contributed by atoms with Crippen LogP contribution < -0.4 is 0 Å². The molecule has 0 spiro atoms. The number of rotatable bonds is 7. The molecule has 1 aliphatic heterocycles. The van der Waals surface area contributed by atoms with E-state index in [1.54, 1.807) is 0 Å². The molecule has 1 unspecified atom stereocenters. The van der Waals surface area contributed by atoms with Crippen LogP contribution in [-0.2, 0) is 9.53 Å². The lowest BCUT2D eigenvalue weighted by molar-refractivity contribution is -0.137. The summed E-state index contributed by atoms with van der Waals surface area (Å²) in [6.45, 7) is 4.93. The van der Waals surface area contributed by atoms with Gasteiger partial charge in [-0.2, -0.15) is 0 Å². The normalized spacial score (nSPS) is 27.6. The molecule has 2 rings (SSSR count). The summed E-state index contributed by atoms with van der Waals surface area (Å²) in [6.07, 6.45) is 6.26. The third-order valence-electron chi connectivity index (χ3n) is 4.43. The Balaban J connectivity index is 1.85. The molecule has 0 aromatic rings. The summed E-state index contributed by atoms with van der Waals surface area (Å²) in [7, 11) is 0. The second kappa shape index (κ2) is 6.71. The molecule has 1 amide bonds. The third-order valence-corrected chi connectivity index (χ3v) is 4.43. The summed E-state index contributed by atoms with van der Waals surface area (Å²) in [6, 6.07) is 0. The highest BCUT2D eigenvalue weighted by Gasteiger charge is 2.40. The van der Waals surface area contributed by atoms with Crippen molar-refractivity contribution in [2.24, 2.45) is 11.3 Å². The van der Waals surface area contributed by atoms with Crippen LogP contribution in [0.1, 0.15) is 45.4 Å². The minimum atomic E-state index is -0.0271. The number of nitrogens with zero attached hydrogens (tertiary/aromatic N) is 1. The third kappa shape index (κ3) is 4.18. The monoisotopic (exact) mass is 269 g/mol. The molecule has 1 heterocycles. The lowest BCUT2D eigenvalue weighted by Gasteiger charge is -2.42. The van der Waals surface area contributed by atoms with Crippen molar-refractivity contribution in [3.63, 3.8) is 0 Å². The molecule has 0 aromatic carbocycles. The Morgan fingerprint density at radius 1 is 1.47 bits per heavy atom. The number of aliphatic hydroxyl groups excluding tert-OH is 1. The Bertz CT molecular complexity index is 304. The molecule has 2 aliphatic rings. The summed E-state index contributed by atoms with van der Waals surface area (Å²) in [5, 5.41) is 9.77. The topological polar surface area (TPSA) is 49.8 Å². The van der Waals surface area contributed by atoms with E-state index in [2.05, 4.69) is 0 Å². The highest BCUT2D eigenvalue weighted by Crippen LogP contribution is 2.44. The molecule has 1 aliphatic carbocycles. The van der Waals surface area contributed by atoms with Gasteiger partial charge in [-0.05, 0) is 32.1 Å². The largest absolute Gasteiger partial charge is 0.396 e. The SMILES string of the molecule is CCOCCC(=O)N1CCCC(CO)(CC2CC2)C1. The lowest BCUT2D eigenvalue weighted by Crippen LogP contribution is -2.48. The number of hydrogen-bond acceptors (Lipinski definition) is 3. The fourth-order valence-electron chi connectivity index (χ4n) is 3.18. The number of likely N-dealkylation sites (tertiary alicyclic amines) is 1. The molecule has 0 radical (unpaired) electrons. The van der Waals surface area contributed by atoms with Gasteiger partial charge in [-0.25, -0.2) is 0 Å². The maximum atomic E-state index is 12.1. The molecular weight excluding hydrogens is 242 g/mol. The van der Waals surface area contributed by atoms with Crippen LogP contribution in [0.2, 0.25) is 0 Å². The number of carbonyl (C=O) groups excluding carboxylic acids is 1. The number of carbonyl (C=O) groups is 1. The highest BCUT2D eigenvalue weighted by atomic mass is 16.5. The van der Waals surface area contributed by atoms with E-state index in [0.29, 0.717) is 19.6 Å². The molecule has 4 nitrogen and oxygen atoms in total. The Morgan fingerprint density at radius 3 is 2.89 bits per heavy atom. The average Bonchev–Trinajstić information content (AvgIpc) is 3.23. The standard InChI is InChI=1S/C15H27NO3/c1-2-19-9-6-14(18)16-8-3-7-15(11-16,12-17)10-13-4-5-13/h13,17H,2-12H2,1H3. The first kappa shape index (κ1) is 14.8. The maximum absolute atomic E-state index is 12.1. The molecule has 1 saturated heterocycles. The van der Waals surface area contributed by atoms with Gasteiger partial charge in [0, 0.05) is 25.1 Å². The predicted molar refractivity (Wildman–Crippen MR) is 73.8 cm³/mol. The van der Waals surface area contributed by atoms with Crippen LogP contribution in [0.3, 0.4) is 0 Å². The van der Waals surface area contributed by atoms with Crippen LogP contribution in [0, 0.1) is 11.3 Å². The first-order chi connectivity index (χ1) is 9.19. The van der Waals surface area contributed by atoms with Gasteiger partial charge in [-0.3, -0.25) is 4.79 Å². The Labute approximate surface area is 116 Å². The fraction of sp³-hybridized carbons (Fsp3) is 0.933. The zero-order valence-corrected chi connectivity index (χ0v) is 12.1. The summed E-state index contributed by atoms with van der Waals surface area (Å²) in [5.74, 6) is 0.979. The minimum absolute atomic E-state index is 0.0271. The van der Waals surface area contributed by atoms with Crippen molar-refractivity contribution in [1.29, 1.82) is 0 Å². The molecule has 1 N–H and O–H groups in total. The van der Waals surface area contributed by atoms with E-state index in [-0.39, 0.29) is 17.9 Å². The predicted octanol–water partition coefficient (Wildman–Crippen LogP) is 1.81. The van der Waals surface area contributed by atoms with Gasteiger partial charge in [0.15, 0.2) is 0 Å². The Hall–Kier alpha value is -0.610. The fourth-order valence-corrected chi connectivity index (χ4v) is 3.18. The molecule has 0 aromatic heterocycles. The van der Waals surface area contributed by atoms with Gasteiger partial charge in [0.2, 0.25) is 5.91 Å². The molecular formula is C15H27NO3. The maximum Gasteiger partial charge on any atom is 0.224 e. The summed E-state index contributed by atoms with van der Waals surface area (Å²) in [4.78, 5) is 14.1. The van der Waals surface area contributed by atoms with E-state index in [0.717, 1.165) is 38.3 Å². The number of aliphatic hydroxyl groups is 1. The zero-order valence-electron chi connectivity index (χ0n) is 12.1. The Kier molecular flexibility index (Phi) is 5.22. The number of hydrogen-bond donors (Lipinski definition) is 1. The van der Waals surface area contributed by atoms with Crippen LogP contribution in [-0.4, -0.2) is 48.8 Å². The van der Waals surface area contributed by atoms with Crippen LogP contribution in [0.15, 0.2) is 0 Å². The van der Waals surface area contributed by atoms with Crippen molar-refractivity contribution in [1.82, 2.24) is 4.90 Å². The van der Waals surface area contributed by atoms with Gasteiger partial charge in [0.25, 0.3) is 0 Å². The molecule has 110 valence electrons. The second-order valence-corrected chi connectivity index (χ2v) is 6.17. The van der Waals surface area contributed by atoms with Gasteiger partial charge < -0.3 is 14.7 Å². The molecule has 2 fully saturated rings. The van der Waals surface area contributed by atoms with Crippen molar-refractivity contribution in [2.45, 2.75) is 45.4 Å². The van der Waals surface area contributed by atoms with Crippen molar-refractivity contribution in [2.75, 3.05) is 32.9 Å². The van der Waals surface area contributed by atoms with E-state index in [4.69, 9.17) is 4.74 Å². The molecule has 1 atom stereocenters. The lowest BCUT2D eigenvalue weighted by atomic mass is 9.76. The number of ether oxygens (including phenoxy) is 1. The van der Waals surface area contributed by atoms with E-state index < -0.39 is 0 Å². The van der Waals surface area contributed by atoms with Gasteiger partial charge in [-0.15, -0.1) is 0 Å². The van der Waals surface area contributed by atoms with E-state index in [1.165, 1.54) is 12.8 Å². The van der Waals surface area contributed by atoms with Gasteiger partial charge in [-0.1, -0.05) is 12.8 Å². The first-order valence-corrected chi connectivity index (χ1v) is 7.65. The van der Waals surface area contributed by atoms with Crippen LogP contribution >= 0.6 is 0 Å². The number of piperidine rings is 1. The zero-order chi connectivity index (χ0) is 13.7. The first-order valence-electron chi connectivity index (χ1n) is 7.65. The molecule has 4 heteroatoms. The van der Waals surface area contributed by atoms with Crippen LogP contribution in [0.5, 0.6) is 0 Å². The van der Waals surface area contributed by atoms with Crippen molar-refractivity contribution in [3.8, 4) is 0 Å². The number of amides is 1. The van der Waals surface area contributed by atoms with Gasteiger partial charge in [0.05, 0.1) is 19.6 Å². The van der Waals surface area contributed by atoms with Crippen LogP contribution in [0.4, 0.5) is 0 Å². The van der Waals surface area contributed by atoms with E-state index in [9.17, 15) is 9.90 Å². The quantitative estimate of drug-likeness (QED) is 0.717. The smallest absolute Gasteiger partial charge is 0.224 e. The second-order valence-electron chi connectivity index (χ2n) is 6.17. The van der Waals surface area contributed by atoms with Gasteiger partial charge >= 0.3 is 0 Å². The van der Waals surface area contributed by atoms with Gasteiger partial charge in [0.1, 0.15) is 0 Å².